The van der Waals surface area contributed by atoms with Gasteiger partial charge in [0.25, 0.3) is 0 Å². The summed E-state index contributed by atoms with van der Waals surface area (Å²) in [7, 11) is 1.55. The Morgan fingerprint density at radius 1 is 1.09 bits per heavy atom. The molecule has 22 heavy (non-hydrogen) atoms. The van der Waals surface area contributed by atoms with Crippen LogP contribution in [-0.4, -0.2) is 31.9 Å². The Hall–Kier alpha value is -2.12. The highest BCUT2D eigenvalue weighted by atomic mass is 17.5. The highest BCUT2D eigenvalue weighted by Crippen LogP contribution is 2.10. The van der Waals surface area contributed by atoms with Gasteiger partial charge in [0.1, 0.15) is 0 Å². The van der Waals surface area contributed by atoms with Crippen LogP contribution in [0.2, 0.25) is 0 Å². The van der Waals surface area contributed by atoms with Crippen molar-refractivity contribution in [1.29, 1.82) is 0 Å². The molecule has 1 aromatic rings. The van der Waals surface area contributed by atoms with E-state index in [4.69, 9.17) is 4.74 Å². The van der Waals surface area contributed by atoms with E-state index in [1.54, 1.807) is 19.2 Å². The first-order valence-corrected chi connectivity index (χ1v) is 6.75. The van der Waals surface area contributed by atoms with Gasteiger partial charge in [-0.25, -0.2) is 14.5 Å². The summed E-state index contributed by atoms with van der Waals surface area (Å²) in [6.45, 7) is 5.62. The number of carbonyl (C=O) groups is 2. The number of ether oxygens (including phenoxy) is 2. The van der Waals surface area contributed by atoms with Crippen molar-refractivity contribution in [3.05, 3.63) is 34.9 Å². The van der Waals surface area contributed by atoms with Gasteiger partial charge < -0.3 is 9.47 Å². The monoisotopic (exact) mass is 312 g/mol. The molecule has 0 spiro atoms. The normalized spacial score (nSPS) is 11.6. The first-order valence-electron chi connectivity index (χ1n) is 6.75. The van der Waals surface area contributed by atoms with E-state index in [0.717, 1.165) is 11.1 Å². The van der Waals surface area contributed by atoms with Gasteiger partial charge >= 0.3 is 12.1 Å². The molecule has 0 bridgehead atoms. The Labute approximate surface area is 128 Å². The van der Waals surface area contributed by atoms with E-state index in [2.05, 4.69) is 19.6 Å². The zero-order valence-electron chi connectivity index (χ0n) is 13.1. The van der Waals surface area contributed by atoms with Gasteiger partial charge in [-0.2, -0.15) is 0 Å². The predicted octanol–water partition coefficient (Wildman–Crippen LogP) is 2.89. The number of methoxy groups -OCH3 is 1. The van der Waals surface area contributed by atoms with Gasteiger partial charge in [-0.15, -0.1) is 0 Å². The average Bonchev–Trinajstić information content (AvgIpc) is 2.45. The largest absolute Gasteiger partial charge is 0.543 e. The van der Waals surface area contributed by atoms with Crippen molar-refractivity contribution in [2.75, 3.05) is 13.7 Å². The van der Waals surface area contributed by atoms with E-state index in [1.807, 2.05) is 26.8 Å². The number of hydrogen-bond acceptors (Lipinski definition) is 7. The van der Waals surface area contributed by atoms with E-state index in [-0.39, 0.29) is 12.7 Å². The molecular weight excluding hydrogens is 292 g/mol. The van der Waals surface area contributed by atoms with Crippen molar-refractivity contribution in [3.63, 3.8) is 0 Å². The van der Waals surface area contributed by atoms with E-state index in [0.29, 0.717) is 12.0 Å². The maximum atomic E-state index is 11.7. The maximum Gasteiger partial charge on any atom is 0.543 e. The fourth-order valence-electron chi connectivity index (χ4n) is 1.67. The zero-order chi connectivity index (χ0) is 16.5. The van der Waals surface area contributed by atoms with Gasteiger partial charge in [-0.3, -0.25) is 4.89 Å². The summed E-state index contributed by atoms with van der Waals surface area (Å²) in [5.74, 6) is -0.771. The molecule has 0 radical (unpaired) electrons. The first-order chi connectivity index (χ1) is 10.4. The molecule has 7 heteroatoms. The Balaban J connectivity index is 2.28. The van der Waals surface area contributed by atoms with Crippen LogP contribution in [-0.2, 0) is 24.3 Å². The molecule has 7 nitrogen and oxygen atoms in total. The molecule has 122 valence electrons. The average molecular weight is 312 g/mol. The van der Waals surface area contributed by atoms with Crippen LogP contribution in [0.4, 0.5) is 4.79 Å². The van der Waals surface area contributed by atoms with Crippen LogP contribution >= 0.6 is 0 Å². The van der Waals surface area contributed by atoms with Crippen LogP contribution in [0.15, 0.2) is 18.2 Å². The third kappa shape index (κ3) is 6.55. The van der Waals surface area contributed by atoms with Gasteiger partial charge in [-0.05, 0) is 32.9 Å². The fraction of sp³-hybridized carbons (Fsp3) is 0.467. The third-order valence-electron chi connectivity index (χ3n) is 2.82. The number of benzene rings is 1. The van der Waals surface area contributed by atoms with Crippen molar-refractivity contribution in [2.45, 2.75) is 33.3 Å². The van der Waals surface area contributed by atoms with Crippen LogP contribution in [0.25, 0.3) is 0 Å². The van der Waals surface area contributed by atoms with E-state index >= 15 is 0 Å². The Morgan fingerprint density at radius 2 is 1.73 bits per heavy atom. The van der Waals surface area contributed by atoms with Crippen molar-refractivity contribution >= 4 is 12.1 Å². The van der Waals surface area contributed by atoms with Gasteiger partial charge in [-0.1, -0.05) is 17.2 Å². The molecule has 0 aromatic heterocycles. The third-order valence-corrected chi connectivity index (χ3v) is 2.82. The highest BCUT2D eigenvalue weighted by Gasteiger charge is 2.13. The molecule has 0 heterocycles. The van der Waals surface area contributed by atoms with Gasteiger partial charge in [0.15, 0.2) is 0 Å². The Bertz CT molecular complexity index is 492. The van der Waals surface area contributed by atoms with Crippen LogP contribution in [0, 0.1) is 13.8 Å². The summed E-state index contributed by atoms with van der Waals surface area (Å²) < 4.78 is 9.66. The Kier molecular flexibility index (Phi) is 7.34. The van der Waals surface area contributed by atoms with E-state index in [9.17, 15) is 9.59 Å². The van der Waals surface area contributed by atoms with Gasteiger partial charge in [0.2, 0.25) is 0 Å². The lowest BCUT2D eigenvalue weighted by Gasteiger charge is -2.08. The van der Waals surface area contributed by atoms with Gasteiger partial charge in [0, 0.05) is 13.5 Å². The smallest absolute Gasteiger partial charge is 0.432 e. The highest BCUT2D eigenvalue weighted by molar-refractivity contribution is 5.89. The summed E-state index contributed by atoms with van der Waals surface area (Å²) in [6, 6.07) is 5.17. The van der Waals surface area contributed by atoms with Crippen LogP contribution in [0.5, 0.6) is 0 Å². The maximum absolute atomic E-state index is 11.7. The van der Waals surface area contributed by atoms with Gasteiger partial charge in [0.05, 0.1) is 23.3 Å². The molecule has 0 aliphatic carbocycles. The van der Waals surface area contributed by atoms with Crippen molar-refractivity contribution in [1.82, 2.24) is 0 Å². The lowest BCUT2D eigenvalue weighted by atomic mass is 10.1. The molecule has 0 amide bonds. The molecule has 0 N–H and O–H groups in total. The molecule has 1 unspecified atom stereocenters. The SMILES string of the molecule is COC(C)CCOC(=O)OOOC(=O)c1cc(C)cc(C)c1. The molecule has 0 aliphatic heterocycles. The lowest BCUT2D eigenvalue weighted by Crippen LogP contribution is -2.15. The second-order valence-electron chi connectivity index (χ2n) is 4.83. The number of hydrogen-bond donors (Lipinski definition) is 0. The fourth-order valence-corrected chi connectivity index (χ4v) is 1.67. The molecule has 0 saturated carbocycles. The summed E-state index contributed by atoms with van der Waals surface area (Å²) >= 11 is 0. The minimum Gasteiger partial charge on any atom is -0.432 e. The minimum atomic E-state index is -1.10. The molecule has 1 atom stereocenters. The molecule has 0 fully saturated rings. The van der Waals surface area contributed by atoms with Crippen molar-refractivity contribution in [3.8, 4) is 0 Å². The minimum absolute atomic E-state index is 0.0453. The molecular formula is C15H20O7. The zero-order valence-corrected chi connectivity index (χ0v) is 13.1. The van der Waals surface area contributed by atoms with Crippen molar-refractivity contribution < 1.29 is 33.9 Å². The molecule has 0 aliphatic rings. The van der Waals surface area contributed by atoms with E-state index in [1.165, 1.54) is 0 Å². The standard InChI is InChI=1S/C15H20O7/c1-10-7-11(2)9-13(8-10)14(16)20-22-21-15(17)19-6-5-12(3)18-4/h7-9,12H,5-6H2,1-4H3. The molecule has 0 saturated heterocycles. The summed E-state index contributed by atoms with van der Waals surface area (Å²) in [5, 5.41) is 4.12. The predicted molar refractivity (Wildman–Crippen MR) is 75.9 cm³/mol. The van der Waals surface area contributed by atoms with Crippen LogP contribution in [0.3, 0.4) is 0 Å². The number of carbonyl (C=O) groups excluding carboxylic acids is 2. The number of aryl methyl sites for hydroxylation is 2. The van der Waals surface area contributed by atoms with Crippen LogP contribution < -0.4 is 0 Å². The van der Waals surface area contributed by atoms with Crippen molar-refractivity contribution in [2.24, 2.45) is 0 Å². The van der Waals surface area contributed by atoms with E-state index < -0.39 is 12.1 Å². The topological polar surface area (TPSA) is 80.3 Å². The lowest BCUT2D eigenvalue weighted by molar-refractivity contribution is -0.452. The second kappa shape index (κ2) is 9.01. The quantitative estimate of drug-likeness (QED) is 0.435. The number of rotatable bonds is 7. The first kappa shape index (κ1) is 17.9. The van der Waals surface area contributed by atoms with Crippen LogP contribution in [0.1, 0.15) is 34.8 Å². The second-order valence-corrected chi connectivity index (χ2v) is 4.83. The summed E-state index contributed by atoms with van der Waals surface area (Å²) in [5.41, 5.74) is 2.10. The molecule has 1 rings (SSSR count). The molecule has 1 aromatic carbocycles. The Morgan fingerprint density at radius 3 is 2.32 bits per heavy atom. The summed E-state index contributed by atoms with van der Waals surface area (Å²) in [4.78, 5) is 31.4. The summed E-state index contributed by atoms with van der Waals surface area (Å²) in [6.07, 6.45) is -0.638.